The fourth-order valence-electron chi connectivity index (χ4n) is 1.81. The molecule has 1 aliphatic heterocycles. The minimum absolute atomic E-state index is 0.0562. The fraction of sp³-hybridized carbons (Fsp3) is 0.364. The molecular formula is C11H12ClNO3S. The molecule has 0 radical (unpaired) electrons. The third-order valence-electron chi connectivity index (χ3n) is 2.70. The van der Waals surface area contributed by atoms with Crippen molar-refractivity contribution in [2.45, 2.75) is 6.42 Å². The number of sulfone groups is 1. The molecule has 1 heterocycles. The second kappa shape index (κ2) is 4.66. The predicted molar refractivity (Wildman–Crippen MR) is 66.8 cm³/mol. The van der Waals surface area contributed by atoms with Crippen LogP contribution >= 0.6 is 11.6 Å². The molecule has 1 amide bonds. The summed E-state index contributed by atoms with van der Waals surface area (Å²) in [7, 11) is -3.03. The summed E-state index contributed by atoms with van der Waals surface area (Å²) in [4.78, 5) is 11.8. The SMILES string of the molecule is O=C(Nc1cccc(Cl)c1)[C@H]1CCS(=O)(=O)C1. The Morgan fingerprint density at radius 1 is 1.41 bits per heavy atom. The van der Waals surface area contributed by atoms with Gasteiger partial charge in [0.15, 0.2) is 9.84 Å². The molecule has 0 bridgehead atoms. The van der Waals surface area contributed by atoms with Crippen molar-refractivity contribution < 1.29 is 13.2 Å². The zero-order valence-electron chi connectivity index (χ0n) is 9.02. The lowest BCUT2D eigenvalue weighted by Gasteiger charge is -2.09. The summed E-state index contributed by atoms with van der Waals surface area (Å²) in [6.45, 7) is 0. The molecule has 1 aromatic rings. The molecule has 1 aliphatic rings. The van der Waals surface area contributed by atoms with Gasteiger partial charge in [0.25, 0.3) is 0 Å². The highest BCUT2D eigenvalue weighted by Gasteiger charge is 2.32. The summed E-state index contributed by atoms with van der Waals surface area (Å²) in [6.07, 6.45) is 0.398. The van der Waals surface area contributed by atoms with Crippen molar-refractivity contribution in [3.05, 3.63) is 29.3 Å². The van der Waals surface area contributed by atoms with E-state index in [0.29, 0.717) is 17.1 Å². The molecule has 1 N–H and O–H groups in total. The highest BCUT2D eigenvalue weighted by molar-refractivity contribution is 7.91. The van der Waals surface area contributed by atoms with Gasteiger partial charge in [-0.1, -0.05) is 17.7 Å². The number of hydrogen-bond donors (Lipinski definition) is 1. The van der Waals surface area contributed by atoms with Gasteiger partial charge in [-0.3, -0.25) is 4.79 Å². The van der Waals surface area contributed by atoms with E-state index in [0.717, 1.165) is 0 Å². The Morgan fingerprint density at radius 3 is 2.76 bits per heavy atom. The average molecular weight is 274 g/mol. The zero-order valence-corrected chi connectivity index (χ0v) is 10.6. The van der Waals surface area contributed by atoms with Crippen LogP contribution < -0.4 is 5.32 Å². The molecule has 0 saturated carbocycles. The van der Waals surface area contributed by atoms with Gasteiger partial charge in [-0.05, 0) is 24.6 Å². The number of benzene rings is 1. The normalized spacial score (nSPS) is 22.3. The van der Waals surface area contributed by atoms with Gasteiger partial charge in [0, 0.05) is 10.7 Å². The maximum atomic E-state index is 11.8. The Bertz CT molecular complexity index is 541. The molecule has 0 aliphatic carbocycles. The van der Waals surface area contributed by atoms with Gasteiger partial charge in [-0.25, -0.2) is 8.42 Å². The summed E-state index contributed by atoms with van der Waals surface area (Å²) in [6, 6.07) is 6.77. The lowest BCUT2D eigenvalue weighted by atomic mass is 10.1. The summed E-state index contributed by atoms with van der Waals surface area (Å²) in [5.74, 6) is -0.660. The van der Waals surface area contributed by atoms with Crippen LogP contribution in [-0.4, -0.2) is 25.8 Å². The van der Waals surface area contributed by atoms with Gasteiger partial charge in [0.05, 0.1) is 17.4 Å². The van der Waals surface area contributed by atoms with E-state index in [1.807, 2.05) is 0 Å². The molecule has 1 aromatic carbocycles. The van der Waals surface area contributed by atoms with Crippen molar-refractivity contribution >= 4 is 33.0 Å². The maximum Gasteiger partial charge on any atom is 0.228 e. The topological polar surface area (TPSA) is 63.2 Å². The smallest absolute Gasteiger partial charge is 0.228 e. The van der Waals surface area contributed by atoms with Crippen LogP contribution in [0.1, 0.15) is 6.42 Å². The van der Waals surface area contributed by atoms with Gasteiger partial charge >= 0.3 is 0 Å². The largest absolute Gasteiger partial charge is 0.326 e. The molecular weight excluding hydrogens is 262 g/mol. The van der Waals surface area contributed by atoms with Crippen LogP contribution in [0.3, 0.4) is 0 Å². The van der Waals surface area contributed by atoms with Crippen LogP contribution in [0.15, 0.2) is 24.3 Å². The van der Waals surface area contributed by atoms with Crippen molar-refractivity contribution in [1.29, 1.82) is 0 Å². The molecule has 0 unspecified atom stereocenters. The van der Waals surface area contributed by atoms with Crippen molar-refractivity contribution in [2.24, 2.45) is 5.92 Å². The van der Waals surface area contributed by atoms with Crippen LogP contribution in [-0.2, 0) is 14.6 Å². The van der Waals surface area contributed by atoms with Gasteiger partial charge < -0.3 is 5.32 Å². The lowest BCUT2D eigenvalue weighted by molar-refractivity contribution is -0.119. The van der Waals surface area contributed by atoms with E-state index in [1.165, 1.54) is 0 Å². The first-order valence-electron chi connectivity index (χ1n) is 5.23. The summed E-state index contributed by atoms with van der Waals surface area (Å²) in [5, 5.41) is 3.20. The second-order valence-electron chi connectivity index (χ2n) is 4.10. The van der Waals surface area contributed by atoms with E-state index < -0.39 is 15.8 Å². The van der Waals surface area contributed by atoms with Gasteiger partial charge in [0.2, 0.25) is 5.91 Å². The number of amides is 1. The molecule has 0 aromatic heterocycles. The first kappa shape index (κ1) is 12.4. The van der Waals surface area contributed by atoms with Gasteiger partial charge in [-0.15, -0.1) is 0 Å². The minimum atomic E-state index is -3.03. The van der Waals surface area contributed by atoms with E-state index in [1.54, 1.807) is 24.3 Å². The van der Waals surface area contributed by atoms with E-state index in [9.17, 15) is 13.2 Å². The minimum Gasteiger partial charge on any atom is -0.326 e. The van der Waals surface area contributed by atoms with Crippen molar-refractivity contribution in [3.8, 4) is 0 Å². The van der Waals surface area contributed by atoms with Crippen molar-refractivity contribution in [2.75, 3.05) is 16.8 Å². The van der Waals surface area contributed by atoms with Crippen LogP contribution in [0.2, 0.25) is 5.02 Å². The van der Waals surface area contributed by atoms with Crippen LogP contribution in [0.25, 0.3) is 0 Å². The quantitative estimate of drug-likeness (QED) is 0.892. The average Bonchev–Trinajstić information content (AvgIpc) is 2.59. The summed E-state index contributed by atoms with van der Waals surface area (Å²) < 4.78 is 22.5. The van der Waals surface area contributed by atoms with Crippen LogP contribution in [0, 0.1) is 5.92 Å². The maximum absolute atomic E-state index is 11.8. The predicted octanol–water partition coefficient (Wildman–Crippen LogP) is 1.71. The number of anilines is 1. The Morgan fingerprint density at radius 2 is 2.18 bits per heavy atom. The number of nitrogens with one attached hydrogen (secondary N) is 1. The standard InChI is InChI=1S/C11H12ClNO3S/c12-9-2-1-3-10(6-9)13-11(14)8-4-5-17(15,16)7-8/h1-3,6,8H,4-5,7H2,(H,13,14)/t8-/m0/s1. The summed E-state index contributed by atoms with van der Waals surface area (Å²) >= 11 is 5.79. The van der Waals surface area contributed by atoms with E-state index in [2.05, 4.69) is 5.32 Å². The molecule has 6 heteroatoms. The van der Waals surface area contributed by atoms with Gasteiger partial charge in [0.1, 0.15) is 0 Å². The highest BCUT2D eigenvalue weighted by atomic mass is 35.5. The Balaban J connectivity index is 2.03. The van der Waals surface area contributed by atoms with Crippen LogP contribution in [0.4, 0.5) is 5.69 Å². The molecule has 1 saturated heterocycles. The highest BCUT2D eigenvalue weighted by Crippen LogP contribution is 2.21. The number of carbonyl (C=O) groups excluding carboxylic acids is 1. The van der Waals surface area contributed by atoms with E-state index in [-0.39, 0.29) is 17.4 Å². The van der Waals surface area contributed by atoms with Gasteiger partial charge in [-0.2, -0.15) is 0 Å². The molecule has 92 valence electrons. The third kappa shape index (κ3) is 3.20. The van der Waals surface area contributed by atoms with Crippen molar-refractivity contribution in [1.82, 2.24) is 0 Å². The molecule has 1 atom stereocenters. The number of carbonyl (C=O) groups is 1. The first-order valence-corrected chi connectivity index (χ1v) is 7.43. The van der Waals surface area contributed by atoms with Crippen LogP contribution in [0.5, 0.6) is 0 Å². The van der Waals surface area contributed by atoms with E-state index in [4.69, 9.17) is 11.6 Å². The second-order valence-corrected chi connectivity index (χ2v) is 6.76. The van der Waals surface area contributed by atoms with E-state index >= 15 is 0 Å². The zero-order chi connectivity index (χ0) is 12.5. The first-order chi connectivity index (χ1) is 7.96. The molecule has 0 spiro atoms. The number of rotatable bonds is 2. The molecule has 17 heavy (non-hydrogen) atoms. The summed E-state index contributed by atoms with van der Waals surface area (Å²) in [5.41, 5.74) is 0.590. The monoisotopic (exact) mass is 273 g/mol. The Kier molecular flexibility index (Phi) is 3.40. The molecule has 4 nitrogen and oxygen atoms in total. The molecule has 1 fully saturated rings. The van der Waals surface area contributed by atoms with Crippen molar-refractivity contribution in [3.63, 3.8) is 0 Å². The number of halogens is 1. The molecule has 2 rings (SSSR count). The fourth-order valence-corrected chi connectivity index (χ4v) is 3.74. The third-order valence-corrected chi connectivity index (χ3v) is 4.70. The Hall–Kier alpha value is -1.07. The Labute approximate surface area is 105 Å². The number of hydrogen-bond acceptors (Lipinski definition) is 3. The lowest BCUT2D eigenvalue weighted by Crippen LogP contribution is -2.23.